The van der Waals surface area contributed by atoms with Gasteiger partial charge in [-0.2, -0.15) is 0 Å². The van der Waals surface area contributed by atoms with Gasteiger partial charge in [0.25, 0.3) is 0 Å². The summed E-state index contributed by atoms with van der Waals surface area (Å²) in [5.41, 5.74) is 1.78. The van der Waals surface area contributed by atoms with Crippen LogP contribution >= 0.6 is 11.3 Å². The number of nitrogens with zero attached hydrogens (tertiary/aromatic N) is 3. The number of aromatic nitrogens is 1. The molecule has 0 bridgehead atoms. The molecule has 7 nitrogen and oxygen atoms in total. The Morgan fingerprint density at radius 3 is 2.57 bits per heavy atom. The minimum absolute atomic E-state index is 0.114. The molecular weight excluding hydrogens is 400 g/mol. The zero-order valence-corrected chi connectivity index (χ0v) is 18.3. The molecule has 0 unspecified atom stereocenters. The number of amides is 1. The van der Waals surface area contributed by atoms with Crippen LogP contribution in [0.25, 0.3) is 6.08 Å². The second-order valence-corrected chi connectivity index (χ2v) is 8.09. The van der Waals surface area contributed by atoms with E-state index in [2.05, 4.69) is 44.4 Å². The van der Waals surface area contributed by atoms with Crippen LogP contribution in [0.3, 0.4) is 0 Å². The Morgan fingerprint density at radius 1 is 1.17 bits per heavy atom. The Bertz CT molecular complexity index is 874. The van der Waals surface area contributed by atoms with E-state index in [9.17, 15) is 9.59 Å². The average molecular weight is 429 g/mol. The van der Waals surface area contributed by atoms with Crippen LogP contribution in [0.4, 0.5) is 5.13 Å². The topological polar surface area (TPSA) is 74.8 Å². The first-order chi connectivity index (χ1) is 14.5. The fraction of sp³-hybridized carbons (Fsp3) is 0.409. The lowest BCUT2D eigenvalue weighted by molar-refractivity contribution is -0.117. The molecule has 1 N–H and O–H groups in total. The first kappa shape index (κ1) is 22.1. The summed E-state index contributed by atoms with van der Waals surface area (Å²) in [7, 11) is 0. The van der Waals surface area contributed by atoms with E-state index in [1.54, 1.807) is 13.8 Å². The van der Waals surface area contributed by atoms with Crippen molar-refractivity contribution in [2.45, 2.75) is 13.8 Å². The summed E-state index contributed by atoms with van der Waals surface area (Å²) < 4.78 is 5.01. The summed E-state index contributed by atoms with van der Waals surface area (Å²) in [5, 5.41) is 3.24. The quantitative estimate of drug-likeness (QED) is 0.652. The van der Waals surface area contributed by atoms with Gasteiger partial charge in [0.05, 0.1) is 18.8 Å². The summed E-state index contributed by atoms with van der Waals surface area (Å²) in [6.07, 6.45) is 4.32. The highest BCUT2D eigenvalue weighted by molar-refractivity contribution is 7.17. The number of hydrogen-bond acceptors (Lipinski definition) is 7. The maximum absolute atomic E-state index is 12.4. The van der Waals surface area contributed by atoms with Crippen molar-refractivity contribution in [3.05, 3.63) is 52.5 Å². The van der Waals surface area contributed by atoms with Crippen molar-refractivity contribution in [3.63, 3.8) is 0 Å². The van der Waals surface area contributed by atoms with Crippen molar-refractivity contribution in [1.82, 2.24) is 14.8 Å². The van der Waals surface area contributed by atoms with Crippen molar-refractivity contribution in [3.8, 4) is 0 Å². The van der Waals surface area contributed by atoms with E-state index in [-0.39, 0.29) is 5.91 Å². The summed E-state index contributed by atoms with van der Waals surface area (Å²) >= 11 is 1.15. The van der Waals surface area contributed by atoms with Crippen LogP contribution in [0, 0.1) is 6.92 Å². The fourth-order valence-electron chi connectivity index (χ4n) is 3.23. The van der Waals surface area contributed by atoms with Crippen molar-refractivity contribution >= 4 is 34.4 Å². The van der Waals surface area contributed by atoms with Gasteiger partial charge in [-0.25, -0.2) is 9.78 Å². The number of rotatable bonds is 8. The first-order valence-corrected chi connectivity index (χ1v) is 11.0. The largest absolute Gasteiger partial charge is 0.462 e. The third kappa shape index (κ3) is 6.48. The zero-order chi connectivity index (χ0) is 21.3. The van der Waals surface area contributed by atoms with Gasteiger partial charge >= 0.3 is 5.97 Å². The van der Waals surface area contributed by atoms with Crippen molar-refractivity contribution in [2.24, 2.45) is 0 Å². The van der Waals surface area contributed by atoms with Crippen LogP contribution in [0.5, 0.6) is 0 Å². The summed E-state index contributed by atoms with van der Waals surface area (Å²) in [4.78, 5) is 33.5. The van der Waals surface area contributed by atoms with Crippen LogP contribution in [0.1, 0.15) is 27.9 Å². The number of nitrogens with one attached hydrogen (secondary N) is 1. The lowest BCUT2D eigenvalue weighted by Crippen LogP contribution is -2.48. The number of ether oxygens (including phenoxy) is 1. The predicted molar refractivity (Wildman–Crippen MR) is 120 cm³/mol. The number of piperazine rings is 1. The normalized spacial score (nSPS) is 15.4. The average Bonchev–Trinajstić information content (AvgIpc) is 3.10. The molecule has 1 aliphatic rings. The minimum Gasteiger partial charge on any atom is -0.462 e. The van der Waals surface area contributed by atoms with E-state index < -0.39 is 5.97 Å². The van der Waals surface area contributed by atoms with Crippen LogP contribution in [-0.4, -0.2) is 72.5 Å². The Hall–Kier alpha value is -2.55. The Morgan fingerprint density at radius 2 is 1.87 bits per heavy atom. The Balaban J connectivity index is 1.40. The predicted octanol–water partition coefficient (Wildman–Crippen LogP) is 2.90. The molecular formula is C22H28N4O3S. The molecule has 1 aromatic heterocycles. The molecule has 1 aromatic carbocycles. The number of carbonyl (C=O) groups is 2. The highest BCUT2D eigenvalue weighted by Gasteiger charge is 2.20. The highest BCUT2D eigenvalue weighted by atomic mass is 32.1. The van der Waals surface area contributed by atoms with Gasteiger partial charge in [0.2, 0.25) is 5.91 Å². The van der Waals surface area contributed by atoms with E-state index in [4.69, 9.17) is 4.74 Å². The minimum atomic E-state index is -0.398. The van der Waals surface area contributed by atoms with Crippen LogP contribution in [0.2, 0.25) is 0 Å². The molecule has 1 aliphatic heterocycles. The van der Waals surface area contributed by atoms with E-state index in [1.165, 1.54) is 5.56 Å². The second-order valence-electron chi connectivity index (χ2n) is 7.09. The Labute approximate surface area is 181 Å². The smallest absolute Gasteiger partial charge is 0.350 e. The van der Waals surface area contributed by atoms with Gasteiger partial charge in [0, 0.05) is 32.7 Å². The first-order valence-electron chi connectivity index (χ1n) is 10.2. The number of hydrogen-bond donors (Lipinski definition) is 1. The molecule has 8 heteroatoms. The Kier molecular flexibility index (Phi) is 8.12. The van der Waals surface area contributed by atoms with Gasteiger partial charge in [-0.05, 0) is 19.4 Å². The number of esters is 1. The van der Waals surface area contributed by atoms with Crippen molar-refractivity contribution < 1.29 is 14.3 Å². The van der Waals surface area contributed by atoms with E-state index in [0.29, 0.717) is 28.9 Å². The molecule has 30 heavy (non-hydrogen) atoms. The molecule has 0 atom stereocenters. The van der Waals surface area contributed by atoms with Crippen molar-refractivity contribution in [2.75, 3.05) is 51.2 Å². The molecule has 3 rings (SSSR count). The summed E-state index contributed by atoms with van der Waals surface area (Å²) in [5.74, 6) is -0.512. The van der Waals surface area contributed by atoms with Crippen LogP contribution < -0.4 is 5.32 Å². The summed E-state index contributed by atoms with van der Waals surface area (Å²) in [6.45, 7) is 8.58. The fourth-order valence-corrected chi connectivity index (χ4v) is 4.11. The molecule has 160 valence electrons. The van der Waals surface area contributed by atoms with E-state index >= 15 is 0 Å². The molecule has 0 spiro atoms. The molecule has 1 amide bonds. The molecule has 1 saturated heterocycles. The van der Waals surface area contributed by atoms with Crippen LogP contribution in [-0.2, 0) is 9.53 Å². The van der Waals surface area contributed by atoms with Gasteiger partial charge in [-0.1, -0.05) is 53.8 Å². The maximum Gasteiger partial charge on any atom is 0.350 e. The van der Waals surface area contributed by atoms with Gasteiger partial charge in [-0.15, -0.1) is 0 Å². The van der Waals surface area contributed by atoms with Gasteiger partial charge in [0.15, 0.2) is 5.13 Å². The molecule has 2 heterocycles. The zero-order valence-electron chi connectivity index (χ0n) is 17.5. The highest BCUT2D eigenvalue weighted by Crippen LogP contribution is 2.23. The van der Waals surface area contributed by atoms with Crippen molar-refractivity contribution in [1.29, 1.82) is 0 Å². The number of thiazole rings is 1. The number of carbonyl (C=O) groups excluding carboxylic acids is 2. The molecule has 2 aromatic rings. The third-order valence-electron chi connectivity index (χ3n) is 4.81. The number of aryl methyl sites for hydroxylation is 1. The lowest BCUT2D eigenvalue weighted by atomic mass is 10.2. The number of anilines is 1. The SMILES string of the molecule is CCOC(=O)c1sc(NC(=O)CN2CCN(C/C=C/c3ccccc3)CC2)nc1C. The summed E-state index contributed by atoms with van der Waals surface area (Å²) in [6, 6.07) is 10.3. The monoisotopic (exact) mass is 428 g/mol. The van der Waals surface area contributed by atoms with Gasteiger partial charge in [0.1, 0.15) is 4.88 Å². The van der Waals surface area contributed by atoms with Gasteiger partial charge in [-0.3, -0.25) is 14.6 Å². The van der Waals surface area contributed by atoms with E-state index in [1.807, 2.05) is 18.2 Å². The van der Waals surface area contributed by atoms with Crippen LogP contribution in [0.15, 0.2) is 36.4 Å². The third-order valence-corrected chi connectivity index (χ3v) is 5.86. The van der Waals surface area contributed by atoms with E-state index in [0.717, 1.165) is 44.1 Å². The maximum atomic E-state index is 12.4. The molecule has 1 fully saturated rings. The molecule has 0 saturated carbocycles. The molecule has 0 aliphatic carbocycles. The molecule has 0 radical (unpaired) electrons. The standard InChI is InChI=1S/C22H28N4O3S/c1-3-29-21(28)20-17(2)23-22(30-20)24-19(27)16-26-14-12-25(13-15-26)11-7-10-18-8-5-4-6-9-18/h4-10H,3,11-16H2,1-2H3,(H,23,24,27)/b10-7+. The lowest BCUT2D eigenvalue weighted by Gasteiger charge is -2.33. The second kappa shape index (κ2) is 11.0. The van der Waals surface area contributed by atoms with Gasteiger partial charge < -0.3 is 10.1 Å². The number of benzene rings is 1.